The molecule has 0 bridgehead atoms. The van der Waals surface area contributed by atoms with Crippen molar-refractivity contribution in [3.8, 4) is 0 Å². The summed E-state index contributed by atoms with van der Waals surface area (Å²) in [7, 11) is 0. The molecule has 1 heterocycles. The molecule has 0 saturated heterocycles. The van der Waals surface area contributed by atoms with Gasteiger partial charge in [0.1, 0.15) is 0 Å². The van der Waals surface area contributed by atoms with Crippen LogP contribution >= 0.6 is 11.8 Å². The molecule has 148 valence electrons. The molecule has 1 aliphatic rings. The van der Waals surface area contributed by atoms with E-state index in [4.69, 9.17) is 0 Å². The number of benzene rings is 4. The Labute approximate surface area is 181 Å². The van der Waals surface area contributed by atoms with E-state index in [1.807, 2.05) is 48.2 Å². The molecule has 0 N–H and O–H groups in total. The zero-order valence-corrected chi connectivity index (χ0v) is 17.5. The number of nitrogens with zero attached hydrogens (tertiary/aromatic N) is 1. The van der Waals surface area contributed by atoms with Crippen molar-refractivity contribution in [1.82, 2.24) is 4.90 Å². The molecule has 30 heavy (non-hydrogen) atoms. The Morgan fingerprint density at radius 1 is 0.800 bits per heavy atom. The Morgan fingerprint density at radius 3 is 2.37 bits per heavy atom. The molecule has 0 aromatic heterocycles. The second-order valence-corrected chi connectivity index (χ2v) is 8.80. The Hall–Kier alpha value is -3.04. The maximum Gasteiger partial charge on any atom is 0.255 e. The van der Waals surface area contributed by atoms with Gasteiger partial charge in [0.25, 0.3) is 5.91 Å². The Morgan fingerprint density at radius 2 is 1.50 bits per heavy atom. The first-order valence-electron chi connectivity index (χ1n) is 10.3. The third-order valence-electron chi connectivity index (χ3n) is 5.82. The number of carbonyl (C=O) groups excluding carboxylic acids is 1. The van der Waals surface area contributed by atoms with Gasteiger partial charge in [0.15, 0.2) is 0 Å². The minimum Gasteiger partial charge on any atom is -0.330 e. The average molecular weight is 410 g/mol. The van der Waals surface area contributed by atoms with E-state index in [1.165, 1.54) is 16.0 Å². The summed E-state index contributed by atoms with van der Waals surface area (Å²) in [4.78, 5) is 17.1. The van der Waals surface area contributed by atoms with Gasteiger partial charge in [-0.3, -0.25) is 4.79 Å². The lowest BCUT2D eigenvalue weighted by Gasteiger charge is -2.37. The van der Waals surface area contributed by atoms with Gasteiger partial charge in [0.2, 0.25) is 0 Å². The summed E-state index contributed by atoms with van der Waals surface area (Å²) in [5.41, 5.74) is 3.41. The van der Waals surface area contributed by atoms with Gasteiger partial charge < -0.3 is 4.90 Å². The van der Waals surface area contributed by atoms with Crippen LogP contribution in [0, 0.1) is 0 Å². The molecule has 0 spiro atoms. The van der Waals surface area contributed by atoms with Crippen molar-refractivity contribution in [1.29, 1.82) is 0 Å². The molecule has 0 aliphatic carbocycles. The predicted molar refractivity (Wildman–Crippen MR) is 125 cm³/mol. The van der Waals surface area contributed by atoms with E-state index in [0.29, 0.717) is 6.54 Å². The van der Waals surface area contributed by atoms with Crippen molar-refractivity contribution in [3.05, 3.63) is 114 Å². The number of hydrogen-bond acceptors (Lipinski definition) is 2. The number of hydrogen-bond donors (Lipinski definition) is 0. The summed E-state index contributed by atoms with van der Waals surface area (Å²) < 4.78 is 0. The number of carbonyl (C=O) groups is 1. The van der Waals surface area contributed by atoms with Crippen molar-refractivity contribution in [3.63, 3.8) is 0 Å². The molecule has 0 saturated carbocycles. The summed E-state index contributed by atoms with van der Waals surface area (Å²) >= 11 is 1.83. The second-order valence-electron chi connectivity index (χ2n) is 7.71. The van der Waals surface area contributed by atoms with E-state index in [1.54, 1.807) is 0 Å². The van der Waals surface area contributed by atoms with Crippen LogP contribution in [0.2, 0.25) is 0 Å². The maximum absolute atomic E-state index is 13.8. The normalized spacial score (nSPS) is 15.7. The number of thioether (sulfide) groups is 1. The monoisotopic (exact) mass is 409 g/mol. The average Bonchev–Trinajstić information content (AvgIpc) is 2.82. The van der Waals surface area contributed by atoms with Crippen molar-refractivity contribution in [2.75, 3.05) is 5.75 Å². The highest BCUT2D eigenvalue weighted by Gasteiger charge is 2.31. The molecule has 0 fully saturated rings. The molecular formula is C27H23NOS. The quantitative estimate of drug-likeness (QED) is 0.374. The highest BCUT2D eigenvalue weighted by Crippen LogP contribution is 2.30. The van der Waals surface area contributed by atoms with Crippen LogP contribution in [0.3, 0.4) is 0 Å². The fourth-order valence-corrected chi connectivity index (χ4v) is 5.28. The van der Waals surface area contributed by atoms with Crippen LogP contribution in [-0.2, 0) is 13.0 Å². The molecule has 5 rings (SSSR count). The SMILES string of the molecule is O=C(c1cccc2ccccc12)N1Cc2ccccc2C[C@H]1CSc1ccccc1. The lowest BCUT2D eigenvalue weighted by molar-refractivity contribution is 0.0664. The smallest absolute Gasteiger partial charge is 0.255 e. The second kappa shape index (κ2) is 8.37. The zero-order valence-electron chi connectivity index (χ0n) is 16.7. The fraction of sp³-hybridized carbons (Fsp3) is 0.148. The standard InChI is InChI=1S/C27H23NOS/c29-27(26-16-8-12-20-9-6-7-15-25(20)26)28-18-22-11-5-4-10-21(22)17-23(28)19-30-24-13-2-1-3-14-24/h1-16,23H,17-19H2/t23-/m0/s1. The molecule has 0 unspecified atom stereocenters. The third kappa shape index (κ3) is 3.73. The van der Waals surface area contributed by atoms with Crippen molar-refractivity contribution in [2.45, 2.75) is 23.9 Å². The van der Waals surface area contributed by atoms with Crippen LogP contribution in [0.5, 0.6) is 0 Å². The molecule has 3 heteroatoms. The van der Waals surface area contributed by atoms with Crippen molar-refractivity contribution in [2.24, 2.45) is 0 Å². The minimum atomic E-state index is 0.125. The topological polar surface area (TPSA) is 20.3 Å². The molecule has 1 amide bonds. The van der Waals surface area contributed by atoms with Gasteiger partial charge in [0.05, 0.1) is 0 Å². The van der Waals surface area contributed by atoms with E-state index < -0.39 is 0 Å². The van der Waals surface area contributed by atoms with E-state index in [-0.39, 0.29) is 11.9 Å². The van der Waals surface area contributed by atoms with Gasteiger partial charge in [-0.2, -0.15) is 0 Å². The predicted octanol–water partition coefficient (Wildman–Crippen LogP) is 6.20. The molecule has 1 aliphatic heterocycles. The largest absolute Gasteiger partial charge is 0.330 e. The third-order valence-corrected chi connectivity index (χ3v) is 6.98. The van der Waals surface area contributed by atoms with E-state index in [2.05, 4.69) is 65.6 Å². The number of fused-ring (bicyclic) bond motifs is 2. The highest BCUT2D eigenvalue weighted by molar-refractivity contribution is 7.99. The molecule has 2 nitrogen and oxygen atoms in total. The van der Waals surface area contributed by atoms with Crippen LogP contribution in [0.15, 0.2) is 102 Å². The molecule has 4 aromatic carbocycles. The van der Waals surface area contributed by atoms with Gasteiger partial charge in [-0.05, 0) is 46.5 Å². The molecule has 0 radical (unpaired) electrons. The summed E-state index contributed by atoms with van der Waals surface area (Å²) in [6.07, 6.45) is 0.895. The fourth-order valence-electron chi connectivity index (χ4n) is 4.25. The molecular weight excluding hydrogens is 386 g/mol. The first kappa shape index (κ1) is 19.0. The number of rotatable bonds is 4. The van der Waals surface area contributed by atoms with Crippen LogP contribution in [0.1, 0.15) is 21.5 Å². The highest BCUT2D eigenvalue weighted by atomic mass is 32.2. The van der Waals surface area contributed by atoms with Gasteiger partial charge in [0, 0.05) is 28.8 Å². The van der Waals surface area contributed by atoms with E-state index >= 15 is 0 Å². The number of amides is 1. The van der Waals surface area contributed by atoms with Crippen LogP contribution < -0.4 is 0 Å². The van der Waals surface area contributed by atoms with Crippen LogP contribution in [0.4, 0.5) is 0 Å². The Bertz CT molecular complexity index is 1180. The zero-order chi connectivity index (χ0) is 20.3. The van der Waals surface area contributed by atoms with E-state index in [0.717, 1.165) is 28.5 Å². The Kier molecular flexibility index (Phi) is 5.29. The van der Waals surface area contributed by atoms with Crippen molar-refractivity contribution >= 4 is 28.4 Å². The van der Waals surface area contributed by atoms with Gasteiger partial charge >= 0.3 is 0 Å². The van der Waals surface area contributed by atoms with Crippen molar-refractivity contribution < 1.29 is 4.79 Å². The lowest BCUT2D eigenvalue weighted by atomic mass is 9.93. The van der Waals surface area contributed by atoms with Gasteiger partial charge in [-0.25, -0.2) is 0 Å². The molecule has 4 aromatic rings. The summed E-state index contributed by atoms with van der Waals surface area (Å²) in [5, 5.41) is 2.13. The van der Waals surface area contributed by atoms with Gasteiger partial charge in [-0.15, -0.1) is 11.8 Å². The summed E-state index contributed by atoms with van der Waals surface area (Å²) in [6, 6.07) is 33.3. The molecule has 1 atom stereocenters. The first-order valence-corrected chi connectivity index (χ1v) is 11.3. The van der Waals surface area contributed by atoms with Gasteiger partial charge in [-0.1, -0.05) is 78.9 Å². The summed E-state index contributed by atoms with van der Waals surface area (Å²) in [6.45, 7) is 0.665. The first-order chi connectivity index (χ1) is 14.8. The van der Waals surface area contributed by atoms with Crippen LogP contribution in [-0.4, -0.2) is 22.6 Å². The van der Waals surface area contributed by atoms with Crippen LogP contribution in [0.25, 0.3) is 10.8 Å². The summed E-state index contributed by atoms with van der Waals surface area (Å²) in [5.74, 6) is 1.01. The Balaban J connectivity index is 1.48. The lowest BCUT2D eigenvalue weighted by Crippen LogP contribution is -2.45. The van der Waals surface area contributed by atoms with E-state index in [9.17, 15) is 4.79 Å². The minimum absolute atomic E-state index is 0.125. The maximum atomic E-state index is 13.8.